The SMILES string of the molecule is CNC(=O)NC(=O)C(C)OCC1CCCCN1. The van der Waals surface area contributed by atoms with Crippen LogP contribution in [-0.2, 0) is 9.53 Å². The summed E-state index contributed by atoms with van der Waals surface area (Å²) in [5.41, 5.74) is 0. The maximum Gasteiger partial charge on any atom is 0.321 e. The molecule has 0 bridgehead atoms. The van der Waals surface area contributed by atoms with Crippen LogP contribution in [0.2, 0.25) is 0 Å². The lowest BCUT2D eigenvalue weighted by Crippen LogP contribution is -2.45. The van der Waals surface area contributed by atoms with Gasteiger partial charge in [0.15, 0.2) is 0 Å². The molecule has 3 N–H and O–H groups in total. The van der Waals surface area contributed by atoms with Crippen LogP contribution in [0.1, 0.15) is 26.2 Å². The van der Waals surface area contributed by atoms with E-state index in [1.807, 2.05) is 0 Å². The van der Waals surface area contributed by atoms with E-state index in [9.17, 15) is 9.59 Å². The number of urea groups is 1. The minimum Gasteiger partial charge on any atom is -0.367 e. The second-order valence-electron chi connectivity index (χ2n) is 4.19. The third-order valence-corrected chi connectivity index (χ3v) is 2.79. The average Bonchev–Trinajstić information content (AvgIpc) is 2.36. The number of piperidine rings is 1. The summed E-state index contributed by atoms with van der Waals surface area (Å²) in [6.07, 6.45) is 2.85. The van der Waals surface area contributed by atoms with E-state index in [1.54, 1.807) is 6.92 Å². The number of hydrogen-bond acceptors (Lipinski definition) is 4. The molecule has 6 heteroatoms. The fourth-order valence-corrected chi connectivity index (χ4v) is 1.68. The molecule has 1 heterocycles. The van der Waals surface area contributed by atoms with E-state index in [1.165, 1.54) is 19.9 Å². The first-order valence-electron chi connectivity index (χ1n) is 6.01. The van der Waals surface area contributed by atoms with Crippen LogP contribution in [0.5, 0.6) is 0 Å². The van der Waals surface area contributed by atoms with Crippen molar-refractivity contribution in [3.8, 4) is 0 Å². The molecular weight excluding hydrogens is 222 g/mol. The van der Waals surface area contributed by atoms with Gasteiger partial charge in [-0.2, -0.15) is 0 Å². The number of hydrogen-bond donors (Lipinski definition) is 3. The molecule has 1 aliphatic heterocycles. The molecule has 0 aromatic rings. The summed E-state index contributed by atoms with van der Waals surface area (Å²) < 4.78 is 5.43. The average molecular weight is 243 g/mol. The van der Waals surface area contributed by atoms with E-state index in [0.717, 1.165) is 13.0 Å². The summed E-state index contributed by atoms with van der Waals surface area (Å²) in [4.78, 5) is 22.4. The third kappa shape index (κ3) is 5.14. The zero-order valence-electron chi connectivity index (χ0n) is 10.4. The molecule has 98 valence electrons. The molecule has 6 nitrogen and oxygen atoms in total. The van der Waals surface area contributed by atoms with Gasteiger partial charge in [-0.3, -0.25) is 10.1 Å². The zero-order valence-corrected chi connectivity index (χ0v) is 10.4. The maximum absolute atomic E-state index is 11.5. The molecule has 3 amide bonds. The molecule has 1 fully saturated rings. The third-order valence-electron chi connectivity index (χ3n) is 2.79. The van der Waals surface area contributed by atoms with Crippen molar-refractivity contribution in [1.82, 2.24) is 16.0 Å². The standard InChI is InChI=1S/C11H21N3O3/c1-8(10(15)14-11(16)12-2)17-7-9-5-3-4-6-13-9/h8-9,13H,3-7H2,1-2H3,(H2,12,14,15,16). The molecule has 0 spiro atoms. The van der Waals surface area contributed by atoms with Crippen LogP contribution >= 0.6 is 0 Å². The Balaban J connectivity index is 2.21. The molecule has 1 aliphatic rings. The van der Waals surface area contributed by atoms with Crippen molar-refractivity contribution in [2.24, 2.45) is 0 Å². The normalized spacial score (nSPS) is 21.6. The Morgan fingerprint density at radius 3 is 2.82 bits per heavy atom. The van der Waals surface area contributed by atoms with Gasteiger partial charge in [0.05, 0.1) is 6.61 Å². The number of amides is 3. The molecule has 2 atom stereocenters. The lowest BCUT2D eigenvalue weighted by atomic mass is 10.1. The van der Waals surface area contributed by atoms with Crippen molar-refractivity contribution in [3.63, 3.8) is 0 Å². The highest BCUT2D eigenvalue weighted by atomic mass is 16.5. The quantitative estimate of drug-likeness (QED) is 0.649. The first-order valence-corrected chi connectivity index (χ1v) is 6.01. The Labute approximate surface area is 101 Å². The summed E-state index contributed by atoms with van der Waals surface area (Å²) in [6, 6.07) is -0.194. The van der Waals surface area contributed by atoms with Gasteiger partial charge in [0, 0.05) is 13.1 Å². The molecule has 0 aromatic carbocycles. The molecular formula is C11H21N3O3. The Kier molecular flexibility index (Phi) is 5.93. The number of nitrogens with one attached hydrogen (secondary N) is 3. The second-order valence-corrected chi connectivity index (χ2v) is 4.19. The largest absolute Gasteiger partial charge is 0.367 e. The Bertz CT molecular complexity index is 265. The van der Waals surface area contributed by atoms with Gasteiger partial charge in [0.2, 0.25) is 0 Å². The van der Waals surface area contributed by atoms with Crippen LogP contribution in [0.3, 0.4) is 0 Å². The molecule has 0 aliphatic carbocycles. The number of carbonyl (C=O) groups is 2. The number of carbonyl (C=O) groups excluding carboxylic acids is 2. The van der Waals surface area contributed by atoms with Crippen molar-refractivity contribution in [3.05, 3.63) is 0 Å². The van der Waals surface area contributed by atoms with Crippen molar-refractivity contribution in [1.29, 1.82) is 0 Å². The van der Waals surface area contributed by atoms with Crippen molar-refractivity contribution < 1.29 is 14.3 Å². The molecule has 1 rings (SSSR count). The van der Waals surface area contributed by atoms with Crippen molar-refractivity contribution in [2.75, 3.05) is 20.2 Å². The van der Waals surface area contributed by atoms with Crippen molar-refractivity contribution in [2.45, 2.75) is 38.3 Å². The number of imide groups is 1. The smallest absolute Gasteiger partial charge is 0.321 e. The van der Waals surface area contributed by atoms with Crippen LogP contribution in [0.4, 0.5) is 4.79 Å². The summed E-state index contributed by atoms with van der Waals surface area (Å²) in [7, 11) is 1.46. The predicted octanol–water partition coefficient (Wildman–Crippen LogP) is -0.0108. The first kappa shape index (κ1) is 13.9. The second kappa shape index (κ2) is 7.24. The van der Waals surface area contributed by atoms with Gasteiger partial charge < -0.3 is 15.4 Å². The fourth-order valence-electron chi connectivity index (χ4n) is 1.68. The van der Waals surface area contributed by atoms with E-state index >= 15 is 0 Å². The minimum absolute atomic E-state index is 0.319. The molecule has 0 radical (unpaired) electrons. The fraction of sp³-hybridized carbons (Fsp3) is 0.818. The summed E-state index contributed by atoms with van der Waals surface area (Å²) >= 11 is 0. The van der Waals surface area contributed by atoms with E-state index < -0.39 is 18.0 Å². The Hall–Kier alpha value is -1.14. The highest BCUT2D eigenvalue weighted by Crippen LogP contribution is 2.07. The van der Waals surface area contributed by atoms with Crippen LogP contribution in [-0.4, -0.2) is 44.3 Å². The topological polar surface area (TPSA) is 79.5 Å². The summed E-state index contributed by atoms with van der Waals surface area (Å²) in [6.45, 7) is 3.15. The Morgan fingerprint density at radius 2 is 2.24 bits per heavy atom. The molecule has 0 aromatic heterocycles. The highest BCUT2D eigenvalue weighted by Gasteiger charge is 2.19. The highest BCUT2D eigenvalue weighted by molar-refractivity contribution is 5.96. The number of rotatable bonds is 4. The van der Waals surface area contributed by atoms with E-state index in [-0.39, 0.29) is 0 Å². The van der Waals surface area contributed by atoms with Gasteiger partial charge >= 0.3 is 6.03 Å². The van der Waals surface area contributed by atoms with Gasteiger partial charge in [0.25, 0.3) is 5.91 Å². The van der Waals surface area contributed by atoms with Crippen LogP contribution < -0.4 is 16.0 Å². The van der Waals surface area contributed by atoms with Crippen LogP contribution in [0.25, 0.3) is 0 Å². The first-order chi connectivity index (χ1) is 8.13. The molecule has 0 saturated carbocycles. The molecule has 17 heavy (non-hydrogen) atoms. The lowest BCUT2D eigenvalue weighted by molar-refractivity contribution is -0.131. The van der Waals surface area contributed by atoms with Gasteiger partial charge in [-0.15, -0.1) is 0 Å². The van der Waals surface area contributed by atoms with Crippen molar-refractivity contribution >= 4 is 11.9 Å². The van der Waals surface area contributed by atoms with Gasteiger partial charge in [-0.05, 0) is 26.3 Å². The van der Waals surface area contributed by atoms with Gasteiger partial charge in [-0.1, -0.05) is 6.42 Å². The molecule has 2 unspecified atom stereocenters. The predicted molar refractivity (Wildman–Crippen MR) is 63.7 cm³/mol. The van der Waals surface area contributed by atoms with E-state index in [0.29, 0.717) is 12.6 Å². The zero-order chi connectivity index (χ0) is 12.7. The molecule has 1 saturated heterocycles. The maximum atomic E-state index is 11.5. The minimum atomic E-state index is -0.615. The number of ether oxygens (including phenoxy) is 1. The summed E-state index contributed by atoms with van der Waals surface area (Å²) in [5.74, 6) is -0.417. The van der Waals surface area contributed by atoms with Gasteiger partial charge in [-0.25, -0.2) is 4.79 Å². The van der Waals surface area contributed by atoms with Crippen LogP contribution in [0.15, 0.2) is 0 Å². The lowest BCUT2D eigenvalue weighted by Gasteiger charge is -2.24. The van der Waals surface area contributed by atoms with Gasteiger partial charge in [0.1, 0.15) is 6.10 Å². The summed E-state index contributed by atoms with van der Waals surface area (Å²) in [5, 5.41) is 7.83. The van der Waals surface area contributed by atoms with Crippen LogP contribution in [0, 0.1) is 0 Å². The van der Waals surface area contributed by atoms with E-state index in [4.69, 9.17) is 4.74 Å². The Morgan fingerprint density at radius 1 is 1.47 bits per heavy atom. The monoisotopic (exact) mass is 243 g/mol. The van der Waals surface area contributed by atoms with E-state index in [2.05, 4.69) is 16.0 Å².